The molecule has 0 aromatic heterocycles. The summed E-state index contributed by atoms with van der Waals surface area (Å²) in [7, 11) is 0. The molecule has 0 bridgehead atoms. The van der Waals surface area contributed by atoms with Crippen LogP contribution in [-0.2, 0) is 6.61 Å². The molecule has 1 fully saturated rings. The van der Waals surface area contributed by atoms with E-state index in [9.17, 15) is 4.79 Å². The van der Waals surface area contributed by atoms with Gasteiger partial charge in [-0.25, -0.2) is 0 Å². The van der Waals surface area contributed by atoms with Crippen LogP contribution in [0.2, 0.25) is 0 Å². The largest absolute Gasteiger partial charge is 0.489 e. The molecule has 0 unspecified atom stereocenters. The van der Waals surface area contributed by atoms with Crippen molar-refractivity contribution in [3.05, 3.63) is 95.6 Å². The number of hydrogen-bond donors (Lipinski definition) is 0. The second kappa shape index (κ2) is 8.82. The monoisotopic (exact) mass is 386 g/mol. The molecule has 0 N–H and O–H groups in total. The zero-order valence-electron chi connectivity index (χ0n) is 16.8. The Hall–Kier alpha value is -3.27. The maximum atomic E-state index is 12.9. The highest BCUT2D eigenvalue weighted by atomic mass is 16.5. The van der Waals surface area contributed by atoms with E-state index in [2.05, 4.69) is 36.1 Å². The van der Waals surface area contributed by atoms with E-state index in [0.717, 1.165) is 43.1 Å². The van der Waals surface area contributed by atoms with Gasteiger partial charge >= 0.3 is 0 Å². The zero-order chi connectivity index (χ0) is 20.1. The zero-order valence-corrected chi connectivity index (χ0v) is 16.8. The van der Waals surface area contributed by atoms with Gasteiger partial charge in [-0.15, -0.1) is 0 Å². The Balaban J connectivity index is 1.32. The Kier molecular flexibility index (Phi) is 5.80. The van der Waals surface area contributed by atoms with Gasteiger partial charge in [0.2, 0.25) is 0 Å². The van der Waals surface area contributed by atoms with E-state index in [0.29, 0.717) is 6.61 Å². The number of carbonyl (C=O) groups is 1. The van der Waals surface area contributed by atoms with E-state index in [1.165, 1.54) is 11.3 Å². The van der Waals surface area contributed by atoms with E-state index in [-0.39, 0.29) is 5.91 Å². The van der Waals surface area contributed by atoms with Gasteiger partial charge in [-0.2, -0.15) is 0 Å². The van der Waals surface area contributed by atoms with Crippen molar-refractivity contribution in [2.45, 2.75) is 13.5 Å². The van der Waals surface area contributed by atoms with Gasteiger partial charge in [0.1, 0.15) is 12.4 Å². The van der Waals surface area contributed by atoms with E-state index < -0.39 is 0 Å². The number of para-hydroxylation sites is 2. The fourth-order valence-corrected chi connectivity index (χ4v) is 3.68. The lowest BCUT2D eigenvalue weighted by Gasteiger charge is -2.36. The number of ether oxygens (including phenoxy) is 1. The summed E-state index contributed by atoms with van der Waals surface area (Å²) in [4.78, 5) is 17.2. The van der Waals surface area contributed by atoms with Crippen molar-refractivity contribution in [2.75, 3.05) is 31.1 Å². The van der Waals surface area contributed by atoms with Crippen LogP contribution in [0.1, 0.15) is 21.5 Å². The summed E-state index contributed by atoms with van der Waals surface area (Å²) >= 11 is 0. The highest BCUT2D eigenvalue weighted by Crippen LogP contribution is 2.21. The van der Waals surface area contributed by atoms with Crippen LogP contribution in [0.25, 0.3) is 0 Å². The molecule has 148 valence electrons. The van der Waals surface area contributed by atoms with Crippen molar-refractivity contribution in [3.8, 4) is 5.75 Å². The fraction of sp³-hybridized carbons (Fsp3) is 0.240. The van der Waals surface area contributed by atoms with E-state index >= 15 is 0 Å². The quantitative estimate of drug-likeness (QED) is 0.646. The number of nitrogens with zero attached hydrogens (tertiary/aromatic N) is 2. The Morgan fingerprint density at radius 3 is 2.17 bits per heavy atom. The summed E-state index contributed by atoms with van der Waals surface area (Å²) in [6, 6.07) is 25.9. The molecule has 1 aliphatic heterocycles. The molecule has 3 aromatic rings. The Labute approximate surface area is 172 Å². The molecule has 1 saturated heterocycles. The van der Waals surface area contributed by atoms with Crippen molar-refractivity contribution < 1.29 is 9.53 Å². The normalized spacial score (nSPS) is 14.0. The SMILES string of the molecule is Cc1ccccc1N1CCN(C(=O)c2ccc(COc3ccccc3)cc2)CC1. The summed E-state index contributed by atoms with van der Waals surface area (Å²) in [6.45, 7) is 5.83. The van der Waals surface area contributed by atoms with Crippen LogP contribution in [0.15, 0.2) is 78.9 Å². The highest BCUT2D eigenvalue weighted by molar-refractivity contribution is 5.94. The molecule has 0 radical (unpaired) electrons. The number of carbonyl (C=O) groups excluding carboxylic acids is 1. The molecular weight excluding hydrogens is 360 g/mol. The van der Waals surface area contributed by atoms with E-state index in [1.54, 1.807) is 0 Å². The predicted octanol–water partition coefficient (Wildman–Crippen LogP) is 4.54. The molecule has 3 aromatic carbocycles. The lowest BCUT2D eigenvalue weighted by atomic mass is 10.1. The van der Waals surface area contributed by atoms with Crippen LogP contribution in [0.5, 0.6) is 5.75 Å². The first kappa shape index (κ1) is 19.1. The summed E-state index contributed by atoms with van der Waals surface area (Å²) < 4.78 is 5.77. The maximum absolute atomic E-state index is 12.9. The third-order valence-electron chi connectivity index (χ3n) is 5.37. The first-order valence-electron chi connectivity index (χ1n) is 10.1. The van der Waals surface area contributed by atoms with Crippen LogP contribution in [0.3, 0.4) is 0 Å². The van der Waals surface area contributed by atoms with Gasteiger partial charge in [-0.05, 0) is 48.4 Å². The average molecular weight is 386 g/mol. The number of aryl methyl sites for hydroxylation is 1. The number of rotatable bonds is 5. The molecule has 1 aliphatic rings. The third kappa shape index (κ3) is 4.60. The summed E-state index contributed by atoms with van der Waals surface area (Å²) in [5.41, 5.74) is 4.33. The molecule has 1 amide bonds. The summed E-state index contributed by atoms with van der Waals surface area (Å²) in [5.74, 6) is 0.948. The first-order chi connectivity index (χ1) is 14.2. The van der Waals surface area contributed by atoms with Gasteiger partial charge in [0, 0.05) is 37.4 Å². The molecule has 0 saturated carbocycles. The topological polar surface area (TPSA) is 32.8 Å². The standard InChI is InChI=1S/C25H26N2O2/c1-20-7-5-6-10-24(20)26-15-17-27(18-16-26)25(28)22-13-11-21(12-14-22)19-29-23-8-3-2-4-9-23/h2-14H,15-19H2,1H3. The van der Waals surface area contributed by atoms with Gasteiger partial charge in [0.15, 0.2) is 0 Å². The second-order valence-electron chi connectivity index (χ2n) is 7.36. The highest BCUT2D eigenvalue weighted by Gasteiger charge is 2.22. The van der Waals surface area contributed by atoms with E-state index in [4.69, 9.17) is 4.74 Å². The summed E-state index contributed by atoms with van der Waals surface area (Å²) in [6.07, 6.45) is 0. The molecule has 4 nitrogen and oxygen atoms in total. The van der Waals surface area contributed by atoms with Crippen molar-refractivity contribution >= 4 is 11.6 Å². The lowest BCUT2D eigenvalue weighted by Crippen LogP contribution is -2.49. The van der Waals surface area contributed by atoms with Gasteiger partial charge < -0.3 is 14.5 Å². The van der Waals surface area contributed by atoms with Gasteiger partial charge in [0.25, 0.3) is 5.91 Å². The van der Waals surface area contributed by atoms with Crippen molar-refractivity contribution in [2.24, 2.45) is 0 Å². The number of piperazine rings is 1. The average Bonchev–Trinajstić information content (AvgIpc) is 2.79. The number of benzene rings is 3. The summed E-state index contributed by atoms with van der Waals surface area (Å²) in [5, 5.41) is 0. The smallest absolute Gasteiger partial charge is 0.253 e. The van der Waals surface area contributed by atoms with Crippen LogP contribution in [-0.4, -0.2) is 37.0 Å². The molecule has 4 rings (SSSR count). The van der Waals surface area contributed by atoms with Crippen molar-refractivity contribution in [3.63, 3.8) is 0 Å². The molecule has 29 heavy (non-hydrogen) atoms. The molecule has 4 heteroatoms. The minimum Gasteiger partial charge on any atom is -0.489 e. The predicted molar refractivity (Wildman–Crippen MR) is 117 cm³/mol. The molecule has 0 atom stereocenters. The minimum atomic E-state index is 0.102. The second-order valence-corrected chi connectivity index (χ2v) is 7.36. The van der Waals surface area contributed by atoms with Crippen molar-refractivity contribution in [1.82, 2.24) is 4.90 Å². The van der Waals surface area contributed by atoms with Gasteiger partial charge in [-0.1, -0.05) is 48.5 Å². The third-order valence-corrected chi connectivity index (χ3v) is 5.37. The van der Waals surface area contributed by atoms with Gasteiger partial charge in [-0.3, -0.25) is 4.79 Å². The van der Waals surface area contributed by atoms with Crippen LogP contribution in [0.4, 0.5) is 5.69 Å². The fourth-order valence-electron chi connectivity index (χ4n) is 3.68. The molecule has 1 heterocycles. The molecular formula is C25H26N2O2. The minimum absolute atomic E-state index is 0.102. The Morgan fingerprint density at radius 1 is 0.828 bits per heavy atom. The molecule has 0 aliphatic carbocycles. The number of amides is 1. The first-order valence-corrected chi connectivity index (χ1v) is 10.1. The van der Waals surface area contributed by atoms with Crippen LogP contribution < -0.4 is 9.64 Å². The van der Waals surface area contributed by atoms with Gasteiger partial charge in [0.05, 0.1) is 0 Å². The maximum Gasteiger partial charge on any atom is 0.253 e. The molecule has 0 spiro atoms. The van der Waals surface area contributed by atoms with Crippen LogP contribution in [0, 0.1) is 6.92 Å². The van der Waals surface area contributed by atoms with Crippen molar-refractivity contribution in [1.29, 1.82) is 0 Å². The lowest BCUT2D eigenvalue weighted by molar-refractivity contribution is 0.0746. The number of anilines is 1. The Morgan fingerprint density at radius 2 is 1.48 bits per heavy atom. The number of hydrogen-bond acceptors (Lipinski definition) is 3. The Bertz CT molecular complexity index is 946. The van der Waals surface area contributed by atoms with E-state index in [1.807, 2.05) is 59.5 Å². The van der Waals surface area contributed by atoms with Crippen LogP contribution >= 0.6 is 0 Å².